The summed E-state index contributed by atoms with van der Waals surface area (Å²) >= 11 is 0. The van der Waals surface area contributed by atoms with Crippen molar-refractivity contribution in [3.63, 3.8) is 0 Å². The first-order valence-corrected chi connectivity index (χ1v) is 4.43. The summed E-state index contributed by atoms with van der Waals surface area (Å²) in [6, 6.07) is 6.09. The number of rotatable bonds is 2. The molecule has 1 nitrogen and oxygen atoms in total. The molecule has 1 aromatic rings. The molecule has 0 spiro atoms. The summed E-state index contributed by atoms with van der Waals surface area (Å²) in [5.41, 5.74) is 3.72. The van der Waals surface area contributed by atoms with Gasteiger partial charge in [-0.2, -0.15) is 0 Å². The maximum atomic E-state index is 5.28. The van der Waals surface area contributed by atoms with E-state index >= 15 is 0 Å². The van der Waals surface area contributed by atoms with Gasteiger partial charge in [-0.15, -0.1) is 0 Å². The van der Waals surface area contributed by atoms with Crippen LogP contribution in [0.5, 0.6) is 5.75 Å². The minimum Gasteiger partial charge on any atom is -0.496 e. The fourth-order valence-corrected chi connectivity index (χ4v) is 1.31. The van der Waals surface area contributed by atoms with Crippen LogP contribution in [0.15, 0.2) is 23.8 Å². The molecule has 0 aliphatic carbocycles. The van der Waals surface area contributed by atoms with E-state index in [-0.39, 0.29) is 0 Å². The maximum absolute atomic E-state index is 5.28. The Morgan fingerprint density at radius 2 is 2.00 bits per heavy atom. The van der Waals surface area contributed by atoms with E-state index in [1.54, 1.807) is 7.11 Å². The lowest BCUT2D eigenvalue weighted by Crippen LogP contribution is -1.89. The Hall–Kier alpha value is -1.24. The molecular weight excluding hydrogens is 160 g/mol. The topological polar surface area (TPSA) is 9.23 Å². The van der Waals surface area contributed by atoms with Gasteiger partial charge in [-0.3, -0.25) is 0 Å². The second-order valence-electron chi connectivity index (χ2n) is 3.41. The molecule has 0 saturated heterocycles. The summed E-state index contributed by atoms with van der Waals surface area (Å²) in [7, 11) is 1.71. The first kappa shape index (κ1) is 9.85. The molecule has 0 N–H and O–H groups in total. The molecule has 0 fully saturated rings. The highest BCUT2D eigenvalue weighted by Crippen LogP contribution is 2.24. The number of hydrogen-bond donors (Lipinski definition) is 0. The van der Waals surface area contributed by atoms with E-state index in [2.05, 4.69) is 32.9 Å². The fourth-order valence-electron chi connectivity index (χ4n) is 1.31. The average Bonchev–Trinajstić information content (AvgIpc) is 2.08. The van der Waals surface area contributed by atoms with Gasteiger partial charge in [0, 0.05) is 5.56 Å². The maximum Gasteiger partial charge on any atom is 0.126 e. The average molecular weight is 176 g/mol. The quantitative estimate of drug-likeness (QED) is 0.670. The fraction of sp³-hybridized carbons (Fsp3) is 0.333. The molecule has 0 aliphatic heterocycles. The second-order valence-corrected chi connectivity index (χ2v) is 3.41. The van der Waals surface area contributed by atoms with Crippen LogP contribution in [0.2, 0.25) is 0 Å². The summed E-state index contributed by atoms with van der Waals surface area (Å²) < 4.78 is 5.28. The third-order valence-corrected chi connectivity index (χ3v) is 1.94. The molecule has 0 saturated carbocycles. The zero-order valence-corrected chi connectivity index (χ0v) is 8.72. The van der Waals surface area contributed by atoms with Crippen molar-refractivity contribution >= 4 is 6.08 Å². The van der Waals surface area contributed by atoms with Gasteiger partial charge in [0.1, 0.15) is 5.75 Å². The standard InChI is InChI=1S/C12H16O/c1-9(2)8-11-10(3)6-5-7-12(11)13-4/h5-8H,1-4H3. The zero-order chi connectivity index (χ0) is 9.84. The van der Waals surface area contributed by atoms with Crippen LogP contribution in [0.1, 0.15) is 25.0 Å². The summed E-state index contributed by atoms with van der Waals surface area (Å²) in [4.78, 5) is 0. The highest BCUT2D eigenvalue weighted by molar-refractivity contribution is 5.62. The van der Waals surface area contributed by atoms with Crippen molar-refractivity contribution in [3.8, 4) is 5.75 Å². The SMILES string of the molecule is COc1cccc(C)c1C=C(C)C. The van der Waals surface area contributed by atoms with Gasteiger partial charge in [0.2, 0.25) is 0 Å². The molecule has 0 radical (unpaired) electrons. The van der Waals surface area contributed by atoms with Crippen LogP contribution < -0.4 is 4.74 Å². The lowest BCUT2D eigenvalue weighted by atomic mass is 10.1. The van der Waals surface area contributed by atoms with Gasteiger partial charge < -0.3 is 4.74 Å². The highest BCUT2D eigenvalue weighted by Gasteiger charge is 2.01. The van der Waals surface area contributed by atoms with Gasteiger partial charge in [-0.05, 0) is 32.4 Å². The first-order valence-electron chi connectivity index (χ1n) is 4.43. The molecule has 70 valence electrons. The lowest BCUT2D eigenvalue weighted by Gasteiger charge is -2.07. The van der Waals surface area contributed by atoms with E-state index in [9.17, 15) is 0 Å². The van der Waals surface area contributed by atoms with Crippen molar-refractivity contribution in [1.29, 1.82) is 0 Å². The third kappa shape index (κ3) is 2.35. The molecule has 0 bridgehead atoms. The largest absolute Gasteiger partial charge is 0.496 e. The predicted octanol–water partition coefficient (Wildman–Crippen LogP) is 3.43. The molecule has 13 heavy (non-hydrogen) atoms. The van der Waals surface area contributed by atoms with E-state index in [0.717, 1.165) is 5.75 Å². The van der Waals surface area contributed by atoms with Crippen molar-refractivity contribution in [2.75, 3.05) is 7.11 Å². The Balaban J connectivity index is 3.23. The van der Waals surface area contributed by atoms with E-state index in [1.807, 2.05) is 12.1 Å². The third-order valence-electron chi connectivity index (χ3n) is 1.94. The molecule has 1 heteroatoms. The first-order chi connectivity index (χ1) is 6.15. The number of benzene rings is 1. The van der Waals surface area contributed by atoms with Crippen molar-refractivity contribution in [3.05, 3.63) is 34.9 Å². The highest BCUT2D eigenvalue weighted by atomic mass is 16.5. The molecule has 0 aliphatic rings. The zero-order valence-electron chi connectivity index (χ0n) is 8.72. The molecular formula is C12H16O. The Kier molecular flexibility index (Phi) is 3.13. The van der Waals surface area contributed by atoms with Crippen LogP contribution in [-0.4, -0.2) is 7.11 Å². The second kappa shape index (κ2) is 4.13. The van der Waals surface area contributed by atoms with E-state index in [4.69, 9.17) is 4.74 Å². The van der Waals surface area contributed by atoms with Gasteiger partial charge in [0.15, 0.2) is 0 Å². The van der Waals surface area contributed by atoms with Crippen molar-refractivity contribution in [1.82, 2.24) is 0 Å². The summed E-state index contributed by atoms with van der Waals surface area (Å²) in [6.45, 7) is 6.27. The van der Waals surface area contributed by atoms with Crippen LogP contribution in [0.25, 0.3) is 6.08 Å². The van der Waals surface area contributed by atoms with Crippen LogP contribution in [-0.2, 0) is 0 Å². The molecule has 0 atom stereocenters. The van der Waals surface area contributed by atoms with Crippen LogP contribution in [0.4, 0.5) is 0 Å². The number of allylic oxidation sites excluding steroid dienone is 1. The van der Waals surface area contributed by atoms with Crippen molar-refractivity contribution in [2.45, 2.75) is 20.8 Å². The Morgan fingerprint density at radius 3 is 2.54 bits per heavy atom. The number of ether oxygens (including phenoxy) is 1. The Morgan fingerprint density at radius 1 is 1.31 bits per heavy atom. The molecule has 0 aromatic heterocycles. The Labute approximate surface area is 80.0 Å². The molecule has 0 heterocycles. The van der Waals surface area contributed by atoms with Gasteiger partial charge >= 0.3 is 0 Å². The predicted molar refractivity (Wildman–Crippen MR) is 57.1 cm³/mol. The van der Waals surface area contributed by atoms with Crippen molar-refractivity contribution in [2.24, 2.45) is 0 Å². The van der Waals surface area contributed by atoms with Crippen LogP contribution in [0, 0.1) is 6.92 Å². The normalized spacial score (nSPS) is 9.54. The Bertz CT molecular complexity index is 320. The molecule has 1 aromatic carbocycles. The minimum atomic E-state index is 0.946. The molecule has 0 amide bonds. The van der Waals surface area contributed by atoms with Gasteiger partial charge in [0.05, 0.1) is 7.11 Å². The molecule has 0 unspecified atom stereocenters. The van der Waals surface area contributed by atoms with Gasteiger partial charge in [0.25, 0.3) is 0 Å². The van der Waals surface area contributed by atoms with Crippen LogP contribution in [0.3, 0.4) is 0 Å². The van der Waals surface area contributed by atoms with E-state index in [1.165, 1.54) is 16.7 Å². The van der Waals surface area contributed by atoms with E-state index in [0.29, 0.717) is 0 Å². The van der Waals surface area contributed by atoms with Crippen LogP contribution >= 0.6 is 0 Å². The van der Waals surface area contributed by atoms with Gasteiger partial charge in [-0.1, -0.05) is 23.8 Å². The monoisotopic (exact) mass is 176 g/mol. The summed E-state index contributed by atoms with van der Waals surface area (Å²) in [5.74, 6) is 0.946. The van der Waals surface area contributed by atoms with E-state index < -0.39 is 0 Å². The summed E-state index contributed by atoms with van der Waals surface area (Å²) in [6.07, 6.45) is 2.15. The van der Waals surface area contributed by atoms with Crippen molar-refractivity contribution < 1.29 is 4.74 Å². The minimum absolute atomic E-state index is 0.946. The smallest absolute Gasteiger partial charge is 0.126 e. The number of methoxy groups -OCH3 is 1. The van der Waals surface area contributed by atoms with Gasteiger partial charge in [-0.25, -0.2) is 0 Å². The lowest BCUT2D eigenvalue weighted by molar-refractivity contribution is 0.413. The number of aryl methyl sites for hydroxylation is 1. The summed E-state index contributed by atoms with van der Waals surface area (Å²) in [5, 5.41) is 0. The molecule has 1 rings (SSSR count). The number of hydrogen-bond acceptors (Lipinski definition) is 1.